The maximum Gasteiger partial charge on any atom is 0.244 e. The van der Waals surface area contributed by atoms with Gasteiger partial charge in [-0.3, -0.25) is 9.99 Å². The van der Waals surface area contributed by atoms with Crippen molar-refractivity contribution in [2.75, 3.05) is 31.4 Å². The van der Waals surface area contributed by atoms with E-state index in [4.69, 9.17) is 0 Å². The molecule has 0 spiro atoms. The van der Waals surface area contributed by atoms with Gasteiger partial charge in [0.2, 0.25) is 17.8 Å². The molecular formula is C10H16N8. The second kappa shape index (κ2) is 5.41. The van der Waals surface area contributed by atoms with Crippen molar-refractivity contribution in [3.05, 3.63) is 18.7 Å². The Morgan fingerprint density at radius 1 is 1.22 bits per heavy atom. The number of rotatable bonds is 5. The standard InChI is InChI=1S/C10H16N8/c1-4-12-8-13-9(16-17(2)3)15-10(14-8)18-6-5-11-7-18/h5-7H,4H2,1-3H3,(H2,12,13,14,15,16). The van der Waals surface area contributed by atoms with Crippen LogP contribution in [0.25, 0.3) is 5.95 Å². The van der Waals surface area contributed by atoms with Crippen LogP contribution >= 0.6 is 0 Å². The van der Waals surface area contributed by atoms with E-state index >= 15 is 0 Å². The molecule has 2 aromatic heterocycles. The van der Waals surface area contributed by atoms with Gasteiger partial charge in [-0.15, -0.1) is 0 Å². The molecule has 2 heterocycles. The Balaban J connectivity index is 2.36. The van der Waals surface area contributed by atoms with E-state index in [9.17, 15) is 0 Å². The molecule has 8 nitrogen and oxygen atoms in total. The summed E-state index contributed by atoms with van der Waals surface area (Å²) in [6.07, 6.45) is 5.10. The zero-order valence-electron chi connectivity index (χ0n) is 10.6. The highest BCUT2D eigenvalue weighted by atomic mass is 15.5. The quantitative estimate of drug-likeness (QED) is 0.740. The van der Waals surface area contributed by atoms with Crippen molar-refractivity contribution in [1.29, 1.82) is 0 Å². The van der Waals surface area contributed by atoms with Crippen LogP contribution in [0.1, 0.15) is 6.92 Å². The first kappa shape index (κ1) is 12.2. The van der Waals surface area contributed by atoms with E-state index in [1.165, 1.54) is 0 Å². The Morgan fingerprint density at radius 2 is 2.00 bits per heavy atom. The van der Waals surface area contributed by atoms with E-state index < -0.39 is 0 Å². The summed E-state index contributed by atoms with van der Waals surface area (Å²) in [6, 6.07) is 0. The van der Waals surface area contributed by atoms with Crippen molar-refractivity contribution in [3.63, 3.8) is 0 Å². The average Bonchev–Trinajstić information content (AvgIpc) is 2.81. The van der Waals surface area contributed by atoms with Crippen LogP contribution in [0.15, 0.2) is 18.7 Å². The number of nitrogens with zero attached hydrogens (tertiary/aromatic N) is 6. The van der Waals surface area contributed by atoms with Crippen molar-refractivity contribution < 1.29 is 0 Å². The Labute approximate surface area is 105 Å². The third kappa shape index (κ3) is 2.92. The number of nitrogens with one attached hydrogen (secondary N) is 2. The Bertz CT molecular complexity index is 493. The number of hydrogen-bond acceptors (Lipinski definition) is 7. The fourth-order valence-electron chi connectivity index (χ4n) is 1.34. The Hall–Kier alpha value is -2.22. The number of hydrogen-bond donors (Lipinski definition) is 2. The van der Waals surface area contributed by atoms with Crippen LogP contribution in [-0.4, -0.2) is 50.2 Å². The third-order valence-corrected chi connectivity index (χ3v) is 2.02. The molecular weight excluding hydrogens is 232 g/mol. The summed E-state index contributed by atoms with van der Waals surface area (Å²) in [5, 5.41) is 4.84. The van der Waals surface area contributed by atoms with Gasteiger partial charge in [-0.05, 0) is 6.92 Å². The number of anilines is 2. The largest absolute Gasteiger partial charge is 0.354 e. The van der Waals surface area contributed by atoms with Gasteiger partial charge in [-0.2, -0.15) is 15.0 Å². The van der Waals surface area contributed by atoms with Gasteiger partial charge in [0.25, 0.3) is 0 Å². The predicted octanol–water partition coefficient (Wildman–Crippen LogP) is 0.378. The highest BCUT2D eigenvalue weighted by Gasteiger charge is 2.07. The molecule has 0 radical (unpaired) electrons. The van der Waals surface area contributed by atoms with Crippen LogP contribution in [0.2, 0.25) is 0 Å². The van der Waals surface area contributed by atoms with Gasteiger partial charge in [0.05, 0.1) is 0 Å². The minimum absolute atomic E-state index is 0.481. The lowest BCUT2D eigenvalue weighted by Gasteiger charge is -2.13. The molecule has 2 N–H and O–H groups in total. The summed E-state index contributed by atoms with van der Waals surface area (Å²) in [4.78, 5) is 16.8. The molecule has 0 aliphatic rings. The van der Waals surface area contributed by atoms with Crippen molar-refractivity contribution in [2.45, 2.75) is 6.92 Å². The number of hydrazine groups is 1. The van der Waals surface area contributed by atoms with Gasteiger partial charge in [-0.1, -0.05) is 0 Å². The first-order valence-electron chi connectivity index (χ1n) is 5.61. The lowest BCUT2D eigenvalue weighted by atomic mass is 10.7. The maximum atomic E-state index is 4.31. The molecule has 0 fully saturated rings. The van der Waals surface area contributed by atoms with Crippen molar-refractivity contribution >= 4 is 11.9 Å². The van der Waals surface area contributed by atoms with Gasteiger partial charge in [-0.25, -0.2) is 9.99 Å². The Kier molecular flexibility index (Phi) is 3.68. The van der Waals surface area contributed by atoms with Crippen LogP contribution < -0.4 is 10.7 Å². The second-order valence-corrected chi connectivity index (χ2v) is 3.79. The number of imidazole rings is 1. The van der Waals surface area contributed by atoms with Crippen LogP contribution in [-0.2, 0) is 0 Å². The van der Waals surface area contributed by atoms with E-state index in [1.54, 1.807) is 28.3 Å². The van der Waals surface area contributed by atoms with E-state index in [2.05, 4.69) is 30.7 Å². The fourth-order valence-corrected chi connectivity index (χ4v) is 1.34. The highest BCUT2D eigenvalue weighted by molar-refractivity contribution is 5.37. The van der Waals surface area contributed by atoms with Gasteiger partial charge in [0.1, 0.15) is 6.33 Å². The summed E-state index contributed by atoms with van der Waals surface area (Å²) >= 11 is 0. The Morgan fingerprint density at radius 3 is 2.61 bits per heavy atom. The molecule has 0 saturated heterocycles. The van der Waals surface area contributed by atoms with E-state index in [0.29, 0.717) is 17.8 Å². The monoisotopic (exact) mass is 248 g/mol. The minimum atomic E-state index is 0.481. The zero-order valence-corrected chi connectivity index (χ0v) is 10.6. The molecule has 0 aromatic carbocycles. The third-order valence-electron chi connectivity index (χ3n) is 2.02. The minimum Gasteiger partial charge on any atom is -0.354 e. The van der Waals surface area contributed by atoms with Crippen LogP contribution in [0, 0.1) is 0 Å². The lowest BCUT2D eigenvalue weighted by molar-refractivity contribution is 0.488. The first-order chi connectivity index (χ1) is 8.69. The number of aromatic nitrogens is 5. The molecule has 2 rings (SSSR count). The van der Waals surface area contributed by atoms with Crippen LogP contribution in [0.3, 0.4) is 0 Å². The van der Waals surface area contributed by atoms with Crippen LogP contribution in [0.5, 0.6) is 0 Å². The lowest BCUT2D eigenvalue weighted by Crippen LogP contribution is -2.22. The summed E-state index contributed by atoms with van der Waals surface area (Å²) in [6.45, 7) is 2.73. The molecule has 0 atom stereocenters. The molecule has 0 unspecified atom stereocenters. The van der Waals surface area contributed by atoms with Crippen molar-refractivity contribution in [2.24, 2.45) is 0 Å². The predicted molar refractivity (Wildman–Crippen MR) is 68.4 cm³/mol. The van der Waals surface area contributed by atoms with Crippen LogP contribution in [0.4, 0.5) is 11.9 Å². The van der Waals surface area contributed by atoms with E-state index in [0.717, 1.165) is 6.54 Å². The zero-order chi connectivity index (χ0) is 13.0. The summed E-state index contributed by atoms with van der Waals surface area (Å²) in [5.74, 6) is 1.53. The van der Waals surface area contributed by atoms with Crippen molar-refractivity contribution in [3.8, 4) is 5.95 Å². The summed E-state index contributed by atoms with van der Waals surface area (Å²) in [7, 11) is 3.74. The highest BCUT2D eigenvalue weighted by Crippen LogP contribution is 2.09. The van der Waals surface area contributed by atoms with Crippen molar-refractivity contribution in [1.82, 2.24) is 29.5 Å². The van der Waals surface area contributed by atoms with Gasteiger partial charge in [0.15, 0.2) is 0 Å². The molecule has 18 heavy (non-hydrogen) atoms. The molecule has 96 valence electrons. The summed E-state index contributed by atoms with van der Waals surface area (Å²) in [5.41, 5.74) is 3.00. The van der Waals surface area contributed by atoms with Gasteiger partial charge >= 0.3 is 0 Å². The van der Waals surface area contributed by atoms with E-state index in [1.807, 2.05) is 21.0 Å². The molecule has 0 aliphatic carbocycles. The second-order valence-electron chi connectivity index (χ2n) is 3.79. The topological polar surface area (TPSA) is 83.8 Å². The molecule has 0 bridgehead atoms. The van der Waals surface area contributed by atoms with Gasteiger partial charge in [0, 0.05) is 33.0 Å². The van der Waals surface area contributed by atoms with E-state index in [-0.39, 0.29) is 0 Å². The van der Waals surface area contributed by atoms with Gasteiger partial charge < -0.3 is 5.32 Å². The molecule has 8 heteroatoms. The molecule has 0 aliphatic heterocycles. The fraction of sp³-hybridized carbons (Fsp3) is 0.400. The maximum absolute atomic E-state index is 4.31. The first-order valence-corrected chi connectivity index (χ1v) is 5.61. The summed E-state index contributed by atoms with van der Waals surface area (Å²) < 4.78 is 1.73. The normalized spacial score (nSPS) is 10.7. The smallest absolute Gasteiger partial charge is 0.244 e. The molecule has 0 amide bonds. The average molecular weight is 248 g/mol. The SMILES string of the molecule is CCNc1nc(NN(C)C)nc(-n2ccnc2)n1. The molecule has 2 aromatic rings. The molecule has 0 saturated carbocycles.